The summed E-state index contributed by atoms with van der Waals surface area (Å²) in [6.45, 7) is 10.8. The number of pyridine rings is 1. The number of ether oxygens (including phenoxy) is 1. The first-order chi connectivity index (χ1) is 17.9. The van der Waals surface area contributed by atoms with Crippen molar-refractivity contribution in [1.29, 1.82) is 0 Å². The van der Waals surface area contributed by atoms with Crippen LogP contribution in [0.25, 0.3) is 21.8 Å². The third-order valence-electron chi connectivity index (χ3n) is 7.17. The molecule has 1 fully saturated rings. The third kappa shape index (κ3) is 4.91. The van der Waals surface area contributed by atoms with Crippen LogP contribution in [0.15, 0.2) is 48.9 Å². The highest BCUT2D eigenvalue weighted by atomic mass is 19.1. The van der Waals surface area contributed by atoms with Crippen LogP contribution in [0.5, 0.6) is 5.75 Å². The van der Waals surface area contributed by atoms with Gasteiger partial charge in [-0.15, -0.1) is 0 Å². The molecule has 2 aromatic carbocycles. The first-order valence-corrected chi connectivity index (χ1v) is 12.7. The molecule has 0 unspecified atom stereocenters. The maximum Gasteiger partial charge on any atom is 0.495 e. The van der Waals surface area contributed by atoms with Crippen molar-refractivity contribution in [3.63, 3.8) is 0 Å². The molecular weight excluding hydrogens is 484 g/mol. The van der Waals surface area contributed by atoms with Crippen LogP contribution in [0.4, 0.5) is 15.9 Å². The molecule has 10 heteroatoms. The molecule has 3 heterocycles. The summed E-state index contributed by atoms with van der Waals surface area (Å²) < 4.78 is 34.5. The maximum atomic E-state index is 15.4. The summed E-state index contributed by atoms with van der Waals surface area (Å²) in [4.78, 5) is 15.3. The maximum absolute atomic E-state index is 15.4. The quantitative estimate of drug-likeness (QED) is 0.354. The number of anilines is 2. The number of nitrogens with zero attached hydrogens (tertiary/aromatic N) is 4. The van der Waals surface area contributed by atoms with Gasteiger partial charge in [-0.1, -0.05) is 0 Å². The minimum atomic E-state index is -0.590. The lowest BCUT2D eigenvalue weighted by Crippen LogP contribution is -2.41. The van der Waals surface area contributed by atoms with E-state index in [1.807, 2.05) is 60.8 Å². The van der Waals surface area contributed by atoms with Crippen LogP contribution in [-0.2, 0) is 9.31 Å². The van der Waals surface area contributed by atoms with Gasteiger partial charge >= 0.3 is 7.12 Å². The molecule has 1 atom stereocenters. The first kappa shape index (κ1) is 26.3. The molecule has 0 aliphatic carbocycles. The van der Waals surface area contributed by atoms with Gasteiger partial charge in [0.15, 0.2) is 5.82 Å². The Morgan fingerprint density at radius 3 is 2.47 bits per heavy atom. The van der Waals surface area contributed by atoms with Crippen LogP contribution in [0, 0.1) is 5.82 Å². The molecule has 1 aliphatic heterocycles. The molecule has 8 nitrogen and oxygen atoms in total. The van der Waals surface area contributed by atoms with Crippen LogP contribution in [0.1, 0.15) is 34.6 Å². The summed E-state index contributed by atoms with van der Waals surface area (Å²) in [5.41, 5.74) is 1.30. The fraction of sp³-hybridized carbons (Fsp3) is 0.393. The van der Waals surface area contributed by atoms with Crippen LogP contribution < -0.4 is 15.5 Å². The molecule has 4 aromatic rings. The molecule has 1 saturated heterocycles. The van der Waals surface area contributed by atoms with Gasteiger partial charge in [0.1, 0.15) is 24.0 Å². The van der Waals surface area contributed by atoms with Gasteiger partial charge in [-0.3, -0.25) is 4.98 Å². The Labute approximate surface area is 222 Å². The lowest BCUT2D eigenvalue weighted by Gasteiger charge is -2.32. The monoisotopic (exact) mass is 517 g/mol. The number of hydrogen-bond donors (Lipinski definition) is 1. The number of aromatic nitrogens is 3. The number of nitrogens with one attached hydrogen (secondary N) is 1. The molecule has 0 bridgehead atoms. The van der Waals surface area contributed by atoms with Gasteiger partial charge in [0.2, 0.25) is 0 Å². The van der Waals surface area contributed by atoms with E-state index in [1.54, 1.807) is 30.5 Å². The van der Waals surface area contributed by atoms with Crippen molar-refractivity contribution >= 4 is 45.9 Å². The van der Waals surface area contributed by atoms with E-state index < -0.39 is 24.1 Å². The highest BCUT2D eigenvalue weighted by Crippen LogP contribution is 2.38. The molecule has 0 saturated carbocycles. The van der Waals surface area contributed by atoms with Crippen molar-refractivity contribution < 1.29 is 18.4 Å². The lowest BCUT2D eigenvalue weighted by molar-refractivity contribution is 0.00578. The van der Waals surface area contributed by atoms with Crippen LogP contribution in [-0.4, -0.2) is 64.9 Å². The minimum Gasteiger partial charge on any atom is -0.489 e. The number of rotatable bonds is 7. The number of likely N-dealkylation sites (N-methyl/N-ethyl adjacent to an activating group) is 1. The summed E-state index contributed by atoms with van der Waals surface area (Å²) in [7, 11) is 3.39. The van der Waals surface area contributed by atoms with Gasteiger partial charge in [-0.25, -0.2) is 14.4 Å². The summed E-state index contributed by atoms with van der Waals surface area (Å²) in [6, 6.07) is 10.7. The Hall–Kier alpha value is -3.34. The number of fused-ring (bicyclic) bond motifs is 2. The standard InChI is InChI=1S/C28H33BFN5O3/c1-17(15-35(6)7)36-23-14-18(29-37-27(2,3)28(4,5)38-29)13-22-24(23)26(33-16-32-22)34-21-11-10-20-19(25(21)30)9-8-12-31-20/h8-14,16-17H,15H2,1-7H3,(H,32,33,34)/t17-/m1/s1. The molecule has 1 N–H and O–H groups in total. The van der Waals surface area contributed by atoms with Gasteiger partial charge in [-0.2, -0.15) is 0 Å². The van der Waals surface area contributed by atoms with E-state index in [1.165, 1.54) is 6.33 Å². The fourth-order valence-electron chi connectivity index (χ4n) is 4.59. The zero-order chi connectivity index (χ0) is 27.2. The Morgan fingerprint density at radius 2 is 1.76 bits per heavy atom. The smallest absolute Gasteiger partial charge is 0.489 e. The van der Waals surface area contributed by atoms with E-state index in [-0.39, 0.29) is 11.8 Å². The van der Waals surface area contributed by atoms with E-state index >= 15 is 4.39 Å². The van der Waals surface area contributed by atoms with Gasteiger partial charge in [0.25, 0.3) is 0 Å². The molecule has 0 radical (unpaired) electrons. The summed E-state index contributed by atoms with van der Waals surface area (Å²) in [5.74, 6) is 0.594. The zero-order valence-electron chi connectivity index (χ0n) is 22.9. The van der Waals surface area contributed by atoms with Crippen molar-refractivity contribution in [2.45, 2.75) is 51.9 Å². The molecular formula is C28H33BFN5O3. The minimum absolute atomic E-state index is 0.140. The molecule has 1 aliphatic rings. The molecule has 0 spiro atoms. The van der Waals surface area contributed by atoms with Gasteiger partial charge in [-0.05, 0) is 90.6 Å². The van der Waals surface area contributed by atoms with Crippen LogP contribution in [0.2, 0.25) is 0 Å². The SMILES string of the molecule is C[C@H](CN(C)C)Oc1cc(B2OC(C)(C)C(C)(C)O2)cc2ncnc(Nc3ccc4ncccc4c3F)c12. The van der Waals surface area contributed by atoms with Crippen molar-refractivity contribution in [2.75, 3.05) is 26.0 Å². The highest BCUT2D eigenvalue weighted by Gasteiger charge is 2.52. The van der Waals surface area contributed by atoms with Crippen molar-refractivity contribution in [2.24, 2.45) is 0 Å². The highest BCUT2D eigenvalue weighted by molar-refractivity contribution is 6.62. The van der Waals surface area contributed by atoms with Crippen molar-refractivity contribution in [3.8, 4) is 5.75 Å². The Kier molecular flexibility index (Phi) is 6.75. The number of halogens is 1. The Bertz CT molecular complexity index is 1480. The van der Waals surface area contributed by atoms with E-state index in [0.29, 0.717) is 39.9 Å². The van der Waals surface area contributed by atoms with E-state index in [0.717, 1.165) is 5.46 Å². The molecule has 198 valence electrons. The summed E-state index contributed by atoms with van der Waals surface area (Å²) in [6.07, 6.45) is 2.95. The Balaban J connectivity index is 1.60. The van der Waals surface area contributed by atoms with Crippen LogP contribution >= 0.6 is 0 Å². The lowest BCUT2D eigenvalue weighted by atomic mass is 9.78. The third-order valence-corrected chi connectivity index (χ3v) is 7.17. The van der Waals surface area contributed by atoms with E-state index in [4.69, 9.17) is 14.0 Å². The van der Waals surface area contributed by atoms with Gasteiger partial charge in [0.05, 0.1) is 33.3 Å². The normalized spacial score (nSPS) is 17.3. The first-order valence-electron chi connectivity index (χ1n) is 12.7. The fourth-order valence-corrected chi connectivity index (χ4v) is 4.59. The molecule has 0 amide bonds. The second-order valence-corrected chi connectivity index (χ2v) is 11.0. The number of benzene rings is 2. The molecule has 2 aromatic heterocycles. The van der Waals surface area contributed by atoms with Gasteiger partial charge in [0, 0.05) is 18.1 Å². The molecule has 38 heavy (non-hydrogen) atoms. The largest absolute Gasteiger partial charge is 0.495 e. The predicted molar refractivity (Wildman–Crippen MR) is 149 cm³/mol. The zero-order valence-corrected chi connectivity index (χ0v) is 22.9. The Morgan fingerprint density at radius 1 is 1.03 bits per heavy atom. The predicted octanol–water partition coefficient (Wildman–Crippen LogP) is 4.69. The number of hydrogen-bond acceptors (Lipinski definition) is 8. The van der Waals surface area contributed by atoms with Crippen molar-refractivity contribution in [1.82, 2.24) is 19.9 Å². The van der Waals surface area contributed by atoms with Gasteiger partial charge < -0.3 is 24.3 Å². The second-order valence-electron chi connectivity index (χ2n) is 11.0. The average Bonchev–Trinajstić information content (AvgIpc) is 3.07. The van der Waals surface area contributed by atoms with E-state index in [9.17, 15) is 0 Å². The second kappa shape index (κ2) is 9.76. The average molecular weight is 517 g/mol. The van der Waals surface area contributed by atoms with Crippen LogP contribution in [0.3, 0.4) is 0 Å². The summed E-state index contributed by atoms with van der Waals surface area (Å²) >= 11 is 0. The molecule has 5 rings (SSSR count). The topological polar surface area (TPSA) is 81.6 Å². The summed E-state index contributed by atoms with van der Waals surface area (Å²) in [5, 5.41) is 4.24. The van der Waals surface area contributed by atoms with E-state index in [2.05, 4.69) is 25.2 Å². The van der Waals surface area contributed by atoms with Crippen molar-refractivity contribution in [3.05, 3.63) is 54.7 Å².